The number of hydrogen-bond acceptors (Lipinski definition) is 2. The molecule has 0 bridgehead atoms. The van der Waals surface area contributed by atoms with Crippen molar-refractivity contribution < 1.29 is 4.39 Å². The largest absolute Gasteiger partial charge is 0.384 e. The second kappa shape index (κ2) is 8.16. The second-order valence-corrected chi connectivity index (χ2v) is 5.98. The highest BCUT2D eigenvalue weighted by Gasteiger charge is 2.08. The van der Waals surface area contributed by atoms with Crippen molar-refractivity contribution in [3.63, 3.8) is 0 Å². The first-order valence-corrected chi connectivity index (χ1v) is 7.19. The van der Waals surface area contributed by atoms with Crippen LogP contribution >= 0.6 is 0 Å². The molecule has 0 heterocycles. The third kappa shape index (κ3) is 7.16. The quantitative estimate of drug-likeness (QED) is 0.769. The molecule has 0 atom stereocenters. The van der Waals surface area contributed by atoms with Crippen molar-refractivity contribution >= 4 is 5.69 Å². The monoisotopic (exact) mass is 266 g/mol. The smallest absolute Gasteiger partial charge is 0.123 e. The number of nitrogens with zero attached hydrogens (tertiary/aromatic N) is 1. The summed E-state index contributed by atoms with van der Waals surface area (Å²) in [5, 5.41) is 3.34. The Balaban J connectivity index is 2.36. The molecule has 0 spiro atoms. The number of benzene rings is 1. The number of nitrogens with one attached hydrogen (secondary N) is 1. The summed E-state index contributed by atoms with van der Waals surface area (Å²) in [5.41, 5.74) is 0.982. The van der Waals surface area contributed by atoms with Crippen molar-refractivity contribution in [2.24, 2.45) is 11.8 Å². The average Bonchev–Trinajstić information content (AvgIpc) is 2.30. The van der Waals surface area contributed by atoms with Crippen LogP contribution in [0.15, 0.2) is 24.3 Å². The average molecular weight is 266 g/mol. The Bertz CT molecular complexity index is 336. The van der Waals surface area contributed by atoms with E-state index < -0.39 is 0 Å². The molecule has 2 nitrogen and oxygen atoms in total. The highest BCUT2D eigenvalue weighted by Crippen LogP contribution is 2.08. The Hall–Kier alpha value is -1.09. The Morgan fingerprint density at radius 2 is 1.53 bits per heavy atom. The van der Waals surface area contributed by atoms with Crippen LogP contribution in [0.5, 0.6) is 0 Å². The van der Waals surface area contributed by atoms with Crippen LogP contribution in [0.4, 0.5) is 10.1 Å². The molecule has 3 heteroatoms. The van der Waals surface area contributed by atoms with Crippen molar-refractivity contribution in [1.82, 2.24) is 4.90 Å². The predicted molar refractivity (Wildman–Crippen MR) is 81.0 cm³/mol. The molecule has 0 amide bonds. The molecule has 1 aromatic rings. The summed E-state index contributed by atoms with van der Waals surface area (Å²) in [6.45, 7) is 13.2. The molecule has 0 aliphatic heterocycles. The van der Waals surface area contributed by atoms with Crippen LogP contribution in [0.2, 0.25) is 0 Å². The van der Waals surface area contributed by atoms with Gasteiger partial charge >= 0.3 is 0 Å². The Morgan fingerprint density at radius 3 is 2.00 bits per heavy atom. The van der Waals surface area contributed by atoms with Crippen molar-refractivity contribution in [2.75, 3.05) is 31.5 Å². The van der Waals surface area contributed by atoms with E-state index in [1.807, 2.05) is 0 Å². The molecule has 108 valence electrons. The zero-order valence-corrected chi connectivity index (χ0v) is 12.6. The van der Waals surface area contributed by atoms with Crippen molar-refractivity contribution in [2.45, 2.75) is 27.7 Å². The van der Waals surface area contributed by atoms with Gasteiger partial charge in [0.25, 0.3) is 0 Å². The Morgan fingerprint density at radius 1 is 1.00 bits per heavy atom. The van der Waals surface area contributed by atoms with Gasteiger partial charge in [-0.3, -0.25) is 0 Å². The van der Waals surface area contributed by atoms with Gasteiger partial charge in [-0.2, -0.15) is 0 Å². The van der Waals surface area contributed by atoms with Crippen LogP contribution in [0.25, 0.3) is 0 Å². The van der Waals surface area contributed by atoms with E-state index in [0.717, 1.165) is 31.9 Å². The van der Waals surface area contributed by atoms with Gasteiger partial charge in [-0.1, -0.05) is 27.7 Å². The minimum atomic E-state index is -0.188. The summed E-state index contributed by atoms with van der Waals surface area (Å²) < 4.78 is 12.8. The first kappa shape index (κ1) is 16.0. The van der Waals surface area contributed by atoms with Gasteiger partial charge in [-0.05, 0) is 36.1 Å². The summed E-state index contributed by atoms with van der Waals surface area (Å²) in [6, 6.07) is 6.54. The van der Waals surface area contributed by atoms with E-state index in [0.29, 0.717) is 11.8 Å². The Labute approximate surface area is 117 Å². The van der Waals surface area contributed by atoms with Gasteiger partial charge < -0.3 is 10.2 Å². The normalized spacial score (nSPS) is 11.6. The first-order valence-electron chi connectivity index (χ1n) is 7.19. The molecular weight excluding hydrogens is 239 g/mol. The van der Waals surface area contributed by atoms with E-state index in [1.165, 1.54) is 12.1 Å². The number of hydrogen-bond donors (Lipinski definition) is 1. The van der Waals surface area contributed by atoms with Gasteiger partial charge in [-0.15, -0.1) is 0 Å². The third-order valence-corrected chi connectivity index (χ3v) is 2.85. The molecule has 1 aromatic carbocycles. The maximum absolute atomic E-state index is 12.8. The number of anilines is 1. The molecule has 1 N–H and O–H groups in total. The minimum absolute atomic E-state index is 0.188. The van der Waals surface area contributed by atoms with Crippen molar-refractivity contribution in [3.8, 4) is 0 Å². The van der Waals surface area contributed by atoms with Crippen LogP contribution in [0.3, 0.4) is 0 Å². The molecule has 0 aliphatic carbocycles. The first-order chi connectivity index (χ1) is 8.97. The number of rotatable bonds is 8. The van der Waals surface area contributed by atoms with Gasteiger partial charge in [-0.25, -0.2) is 4.39 Å². The lowest BCUT2D eigenvalue weighted by molar-refractivity contribution is 0.227. The molecule has 19 heavy (non-hydrogen) atoms. The standard InChI is InChI=1S/C16H27FN2/c1-13(2)11-19(12-14(3)4)10-9-18-16-7-5-15(17)6-8-16/h5-8,13-14,18H,9-12H2,1-4H3. The number of halogens is 1. The third-order valence-electron chi connectivity index (χ3n) is 2.85. The van der Waals surface area contributed by atoms with Gasteiger partial charge in [0.15, 0.2) is 0 Å². The summed E-state index contributed by atoms with van der Waals surface area (Å²) in [6.07, 6.45) is 0. The summed E-state index contributed by atoms with van der Waals surface area (Å²) in [5.74, 6) is 1.18. The zero-order chi connectivity index (χ0) is 14.3. The van der Waals surface area contributed by atoms with Gasteiger partial charge in [0.2, 0.25) is 0 Å². The molecule has 0 aromatic heterocycles. The highest BCUT2D eigenvalue weighted by atomic mass is 19.1. The van der Waals surface area contributed by atoms with Crippen molar-refractivity contribution in [3.05, 3.63) is 30.1 Å². The maximum Gasteiger partial charge on any atom is 0.123 e. The highest BCUT2D eigenvalue weighted by molar-refractivity contribution is 5.42. The lowest BCUT2D eigenvalue weighted by Gasteiger charge is -2.26. The molecule has 0 fully saturated rings. The van der Waals surface area contributed by atoms with E-state index in [1.54, 1.807) is 12.1 Å². The van der Waals surface area contributed by atoms with Crippen LogP contribution in [-0.2, 0) is 0 Å². The molecule has 0 unspecified atom stereocenters. The van der Waals surface area contributed by atoms with Gasteiger partial charge in [0.05, 0.1) is 0 Å². The maximum atomic E-state index is 12.8. The minimum Gasteiger partial charge on any atom is -0.384 e. The molecule has 0 saturated heterocycles. The predicted octanol–water partition coefficient (Wildman–Crippen LogP) is 3.85. The lowest BCUT2D eigenvalue weighted by Crippen LogP contribution is -2.35. The fraction of sp³-hybridized carbons (Fsp3) is 0.625. The fourth-order valence-electron chi connectivity index (χ4n) is 2.22. The lowest BCUT2D eigenvalue weighted by atomic mass is 10.1. The molecule has 0 saturated carbocycles. The summed E-state index contributed by atoms with van der Waals surface area (Å²) in [4.78, 5) is 2.49. The molecule has 0 aliphatic rings. The van der Waals surface area contributed by atoms with Crippen LogP contribution in [0, 0.1) is 17.7 Å². The van der Waals surface area contributed by atoms with E-state index in [9.17, 15) is 4.39 Å². The summed E-state index contributed by atoms with van der Waals surface area (Å²) >= 11 is 0. The second-order valence-electron chi connectivity index (χ2n) is 5.98. The van der Waals surface area contributed by atoms with E-state index in [2.05, 4.69) is 37.9 Å². The van der Waals surface area contributed by atoms with Crippen LogP contribution in [0.1, 0.15) is 27.7 Å². The topological polar surface area (TPSA) is 15.3 Å². The van der Waals surface area contributed by atoms with Crippen molar-refractivity contribution in [1.29, 1.82) is 0 Å². The van der Waals surface area contributed by atoms with Crippen LogP contribution in [-0.4, -0.2) is 31.1 Å². The van der Waals surface area contributed by atoms with Crippen LogP contribution < -0.4 is 5.32 Å². The van der Waals surface area contributed by atoms with E-state index in [-0.39, 0.29) is 5.82 Å². The molecule has 0 radical (unpaired) electrons. The van der Waals surface area contributed by atoms with Gasteiger partial charge in [0.1, 0.15) is 5.82 Å². The van der Waals surface area contributed by atoms with E-state index >= 15 is 0 Å². The molecule has 1 rings (SSSR count). The van der Waals surface area contributed by atoms with Gasteiger partial charge in [0, 0.05) is 31.9 Å². The fourth-order valence-corrected chi connectivity index (χ4v) is 2.22. The Kier molecular flexibility index (Phi) is 6.85. The SMILES string of the molecule is CC(C)CN(CCNc1ccc(F)cc1)CC(C)C. The van der Waals surface area contributed by atoms with E-state index in [4.69, 9.17) is 0 Å². The zero-order valence-electron chi connectivity index (χ0n) is 12.6. The summed E-state index contributed by atoms with van der Waals surface area (Å²) in [7, 11) is 0. The molecular formula is C16H27FN2.